The molecule has 0 saturated heterocycles. The van der Waals surface area contributed by atoms with Crippen molar-refractivity contribution < 1.29 is 25.7 Å². The van der Waals surface area contributed by atoms with Crippen LogP contribution in [-0.4, -0.2) is 38.6 Å². The van der Waals surface area contributed by atoms with Crippen molar-refractivity contribution in [2.24, 2.45) is 17.8 Å². The van der Waals surface area contributed by atoms with Crippen LogP contribution in [0.3, 0.4) is 0 Å². The molecule has 2 atom stereocenters. The molecular weight excluding hydrogens is 660 g/mol. The molecule has 0 spiro atoms. The van der Waals surface area contributed by atoms with Gasteiger partial charge in [-0.3, -0.25) is 0 Å². The summed E-state index contributed by atoms with van der Waals surface area (Å²) in [4.78, 5) is 9.22. The largest absolute Gasteiger partial charge is 0.573 e. The molecule has 11 heteroatoms. The topological polar surface area (TPSA) is 89.3 Å². The molecule has 3 aliphatic carbocycles. The molecule has 1 aromatic heterocycles. The Morgan fingerprint density at radius 3 is 2.57 bits per heavy atom. The minimum Gasteiger partial charge on any atom is -0.439 e. The molecule has 2 heterocycles. The number of halogens is 4. The maximum Gasteiger partial charge on any atom is 0.573 e. The van der Waals surface area contributed by atoms with Gasteiger partial charge in [-0.05, 0) is 68.6 Å². The van der Waals surface area contributed by atoms with Gasteiger partial charge in [0.15, 0.2) is 0 Å². The van der Waals surface area contributed by atoms with Crippen molar-refractivity contribution in [2.45, 2.75) is 57.0 Å². The number of ether oxygens (including phenoxy) is 2. The van der Waals surface area contributed by atoms with Gasteiger partial charge in [-0.1, -0.05) is 24.3 Å². The quantitative estimate of drug-likeness (QED) is 0.251. The van der Waals surface area contributed by atoms with Crippen LogP contribution in [0.2, 0.25) is 0 Å². The van der Waals surface area contributed by atoms with E-state index in [1.54, 1.807) is 30.5 Å². The van der Waals surface area contributed by atoms with Gasteiger partial charge in [0.1, 0.15) is 50.1 Å². The van der Waals surface area contributed by atoms with Crippen LogP contribution in [-0.2, 0) is 7.80 Å². The fourth-order valence-corrected chi connectivity index (χ4v) is 9.01. The molecular formula is C31H28F3IN4O3. The van der Waals surface area contributed by atoms with E-state index < -0.39 is 27.5 Å². The highest BCUT2D eigenvalue weighted by Crippen LogP contribution is 2.48. The Bertz CT molecular complexity index is 1620. The fraction of sp³-hybridized carbons (Fsp3) is 0.419. The highest BCUT2D eigenvalue weighted by atomic mass is 127. The maximum atomic E-state index is 13.1. The summed E-state index contributed by atoms with van der Waals surface area (Å²) in [6.07, 6.45) is 3.09. The lowest BCUT2D eigenvalue weighted by molar-refractivity contribution is -0.274. The predicted molar refractivity (Wildman–Crippen MR) is 159 cm³/mol. The number of allylic oxidation sites excluding steroid dienone is 1. The van der Waals surface area contributed by atoms with Gasteiger partial charge in [0.2, 0.25) is 0 Å². The number of para-hydroxylation sites is 2. The van der Waals surface area contributed by atoms with Gasteiger partial charge in [0, 0.05) is 23.1 Å². The molecule has 2 aromatic carbocycles. The van der Waals surface area contributed by atoms with Crippen LogP contribution < -0.4 is 10.1 Å². The molecule has 2 bridgehead atoms. The summed E-state index contributed by atoms with van der Waals surface area (Å²) in [6, 6.07) is 14.2. The van der Waals surface area contributed by atoms with Gasteiger partial charge >= 0.3 is 6.36 Å². The lowest BCUT2D eigenvalue weighted by atomic mass is 9.82. The lowest BCUT2D eigenvalue weighted by Gasteiger charge is -2.36. The van der Waals surface area contributed by atoms with E-state index in [1.165, 1.54) is 6.07 Å². The molecule has 42 heavy (non-hydrogen) atoms. The SMILES string of the molecule is N#Cc1cccc2nc(NC3C4CCC3CC(OCC3=C(C5CC5)OI=C3c3ccccc3OC(F)(F)F)C4)cnc12. The minimum absolute atomic E-state index is 0.0658. The van der Waals surface area contributed by atoms with Crippen LogP contribution >= 0.6 is 21.1 Å². The molecule has 4 aliphatic rings. The van der Waals surface area contributed by atoms with Crippen molar-refractivity contribution >= 4 is 41.5 Å². The average molecular weight is 688 g/mol. The standard InChI is InChI=1S/C31H28F3IN4O3/c32-31(33,34)41-25-7-2-1-5-22(25)27-23(30(42-35-27)17-8-9-17)16-40-21-12-18-10-11-19(13-21)28(18)39-26-15-37-29-20(14-36)4-3-6-24(29)38-26/h1-7,15,17-19,21,28H,8-13,16H2,(H,38,39). The molecule has 7 nitrogen and oxygen atoms in total. The smallest absolute Gasteiger partial charge is 0.439 e. The minimum atomic E-state index is -4.77. The molecule has 0 radical (unpaired) electrons. The van der Waals surface area contributed by atoms with Gasteiger partial charge < -0.3 is 17.9 Å². The van der Waals surface area contributed by atoms with Gasteiger partial charge in [-0.2, -0.15) is 5.26 Å². The summed E-state index contributed by atoms with van der Waals surface area (Å²) in [5.41, 5.74) is 3.17. The summed E-state index contributed by atoms with van der Waals surface area (Å²) in [7, 11) is 0. The van der Waals surface area contributed by atoms with Crippen molar-refractivity contribution in [1.29, 1.82) is 5.26 Å². The van der Waals surface area contributed by atoms with E-state index in [1.807, 2.05) is 12.1 Å². The Kier molecular flexibility index (Phi) is 7.30. The summed E-state index contributed by atoms with van der Waals surface area (Å²) in [6.45, 7) is 0.334. The second kappa shape index (κ2) is 11.1. The summed E-state index contributed by atoms with van der Waals surface area (Å²) in [5.74, 6) is 2.61. The van der Waals surface area contributed by atoms with E-state index in [2.05, 4.69) is 21.1 Å². The van der Waals surface area contributed by atoms with Crippen molar-refractivity contribution in [1.82, 2.24) is 9.97 Å². The zero-order chi connectivity index (χ0) is 28.8. The molecule has 3 aromatic rings. The van der Waals surface area contributed by atoms with Crippen molar-refractivity contribution in [3.05, 3.63) is 71.1 Å². The Balaban J connectivity index is 1.04. The number of nitrogens with one attached hydrogen (secondary N) is 1. The van der Waals surface area contributed by atoms with Crippen LogP contribution in [0.1, 0.15) is 49.7 Å². The Morgan fingerprint density at radius 1 is 1.05 bits per heavy atom. The highest BCUT2D eigenvalue weighted by molar-refractivity contribution is 14.2. The lowest BCUT2D eigenvalue weighted by Crippen LogP contribution is -2.40. The van der Waals surface area contributed by atoms with Crippen LogP contribution in [0, 0.1) is 29.1 Å². The molecule has 0 amide bonds. The summed E-state index contributed by atoms with van der Waals surface area (Å²) < 4.78 is 57.3. The molecule has 3 fully saturated rings. The number of rotatable bonds is 8. The fourth-order valence-electron chi connectivity index (χ4n) is 6.55. The van der Waals surface area contributed by atoms with E-state index in [-0.39, 0.29) is 17.9 Å². The first-order valence-corrected chi connectivity index (χ1v) is 16.1. The second-order valence-corrected chi connectivity index (χ2v) is 13.3. The monoisotopic (exact) mass is 688 g/mol. The number of nitriles is 1. The number of anilines is 1. The number of hydrogen-bond acceptors (Lipinski definition) is 7. The highest BCUT2D eigenvalue weighted by Gasteiger charge is 2.44. The predicted octanol–water partition coefficient (Wildman–Crippen LogP) is 7.19. The summed E-state index contributed by atoms with van der Waals surface area (Å²) >= 11 is -0.951. The van der Waals surface area contributed by atoms with E-state index >= 15 is 0 Å². The molecule has 3 saturated carbocycles. The molecule has 1 aliphatic heterocycles. The first-order valence-electron chi connectivity index (χ1n) is 14.2. The van der Waals surface area contributed by atoms with Crippen LogP contribution in [0.15, 0.2) is 60.0 Å². The van der Waals surface area contributed by atoms with Crippen molar-refractivity contribution in [2.75, 3.05) is 11.9 Å². The van der Waals surface area contributed by atoms with Crippen LogP contribution in [0.5, 0.6) is 5.75 Å². The normalized spacial score (nSPS) is 25.4. The van der Waals surface area contributed by atoms with Crippen LogP contribution in [0.4, 0.5) is 19.0 Å². The average Bonchev–Trinajstić information content (AvgIpc) is 3.69. The van der Waals surface area contributed by atoms with Crippen molar-refractivity contribution in [3.63, 3.8) is 0 Å². The maximum absolute atomic E-state index is 13.1. The molecule has 1 N–H and O–H groups in total. The first kappa shape index (κ1) is 27.6. The van der Waals surface area contributed by atoms with Gasteiger partial charge in [0.05, 0.1) is 33.5 Å². The number of fused-ring (bicyclic) bond motifs is 3. The Morgan fingerprint density at radius 2 is 1.83 bits per heavy atom. The number of hydrogen-bond donors (Lipinski definition) is 1. The molecule has 7 rings (SSSR count). The second-order valence-electron chi connectivity index (χ2n) is 11.3. The molecule has 2 unspecified atom stereocenters. The number of nitrogens with zero attached hydrogens (tertiary/aromatic N) is 3. The Labute approximate surface area is 251 Å². The first-order chi connectivity index (χ1) is 20.4. The van der Waals surface area contributed by atoms with E-state index in [0.717, 1.165) is 53.4 Å². The third-order valence-electron chi connectivity index (χ3n) is 8.58. The zero-order valence-corrected chi connectivity index (χ0v) is 24.7. The van der Waals surface area contributed by atoms with Crippen LogP contribution in [0.25, 0.3) is 11.0 Å². The van der Waals surface area contributed by atoms with Gasteiger partial charge in [-0.25, -0.2) is 9.97 Å². The number of aromatic nitrogens is 2. The number of alkyl halides is 3. The van der Waals surface area contributed by atoms with E-state index in [0.29, 0.717) is 52.3 Å². The number of benzene rings is 2. The van der Waals surface area contributed by atoms with Gasteiger partial charge in [-0.15, -0.1) is 13.2 Å². The molecule has 218 valence electrons. The third kappa shape index (κ3) is 5.58. The van der Waals surface area contributed by atoms with E-state index in [4.69, 9.17) is 12.8 Å². The zero-order valence-electron chi connectivity index (χ0n) is 22.5. The van der Waals surface area contributed by atoms with E-state index in [9.17, 15) is 18.4 Å². The third-order valence-corrected chi connectivity index (χ3v) is 11.0. The Hall–Kier alpha value is -3.24. The van der Waals surface area contributed by atoms with Crippen molar-refractivity contribution in [3.8, 4) is 11.8 Å². The van der Waals surface area contributed by atoms with Gasteiger partial charge in [0.25, 0.3) is 0 Å². The summed E-state index contributed by atoms with van der Waals surface area (Å²) in [5, 5.41) is 13.0.